The van der Waals surface area contributed by atoms with Crippen molar-refractivity contribution in [2.24, 2.45) is 0 Å². The molecule has 30 heavy (non-hydrogen) atoms. The molecule has 5 rings (SSSR count). The average molecular weight is 403 g/mol. The number of aryl methyl sites for hydroxylation is 2. The summed E-state index contributed by atoms with van der Waals surface area (Å²) in [6.07, 6.45) is 6.59. The third kappa shape index (κ3) is 4.13. The number of aliphatic hydroxyl groups is 1. The minimum Gasteiger partial charge on any atom is -0.387 e. The van der Waals surface area contributed by atoms with Crippen molar-refractivity contribution in [1.82, 2.24) is 30.0 Å². The molecule has 2 aromatic carbocycles. The first-order valence-corrected chi connectivity index (χ1v) is 10.5. The van der Waals surface area contributed by atoms with Crippen molar-refractivity contribution < 1.29 is 5.11 Å². The SMILES string of the molecule is O[C@H](c1ccccc1)[C@H]1CC[C@@H](Cc2ccc3nc(CCn4cncn4)[nH]c3c2)N1. The molecule has 1 fully saturated rings. The van der Waals surface area contributed by atoms with Gasteiger partial charge in [0.25, 0.3) is 0 Å². The number of hydrogen-bond donors (Lipinski definition) is 3. The lowest BCUT2D eigenvalue weighted by Crippen LogP contribution is -2.35. The van der Waals surface area contributed by atoms with Crippen molar-refractivity contribution in [2.75, 3.05) is 0 Å². The summed E-state index contributed by atoms with van der Waals surface area (Å²) >= 11 is 0. The van der Waals surface area contributed by atoms with Crippen LogP contribution in [0.5, 0.6) is 0 Å². The van der Waals surface area contributed by atoms with Crippen LogP contribution in [0.4, 0.5) is 0 Å². The standard InChI is InChI=1S/C23H26N6O/c30-23(17-4-2-1-3-5-17)20-9-7-18(26-20)12-16-6-8-19-21(13-16)28-22(27-19)10-11-29-15-24-14-25-29/h1-6,8,13-15,18,20,23,26,30H,7,9-12H2,(H,27,28)/t18-,20+,23+/m0/s1. The fourth-order valence-corrected chi connectivity index (χ4v) is 4.35. The fraction of sp³-hybridized carbons (Fsp3) is 0.348. The van der Waals surface area contributed by atoms with Gasteiger partial charge in [-0.25, -0.2) is 9.97 Å². The molecule has 0 radical (unpaired) electrons. The Morgan fingerprint density at radius 1 is 1.13 bits per heavy atom. The fourth-order valence-electron chi connectivity index (χ4n) is 4.35. The second-order valence-corrected chi connectivity index (χ2v) is 8.05. The zero-order valence-electron chi connectivity index (χ0n) is 16.8. The Labute approximate surface area is 175 Å². The molecule has 1 aliphatic rings. The van der Waals surface area contributed by atoms with Crippen LogP contribution in [0, 0.1) is 0 Å². The van der Waals surface area contributed by atoms with Gasteiger partial charge in [0.1, 0.15) is 18.5 Å². The minimum atomic E-state index is -0.459. The first kappa shape index (κ1) is 19.0. The highest BCUT2D eigenvalue weighted by Gasteiger charge is 2.29. The van der Waals surface area contributed by atoms with E-state index in [9.17, 15) is 5.11 Å². The number of imidazole rings is 1. The summed E-state index contributed by atoms with van der Waals surface area (Å²) in [7, 11) is 0. The number of H-pyrrole nitrogens is 1. The third-order valence-electron chi connectivity index (χ3n) is 5.92. The molecule has 0 amide bonds. The molecule has 154 valence electrons. The summed E-state index contributed by atoms with van der Waals surface area (Å²) in [5.74, 6) is 0.961. The number of benzene rings is 2. The van der Waals surface area contributed by atoms with Crippen LogP contribution in [0.1, 0.15) is 35.9 Å². The van der Waals surface area contributed by atoms with Crippen LogP contribution in [0.25, 0.3) is 11.0 Å². The van der Waals surface area contributed by atoms with Crippen molar-refractivity contribution >= 4 is 11.0 Å². The number of hydrogen-bond acceptors (Lipinski definition) is 5. The smallest absolute Gasteiger partial charge is 0.137 e. The monoisotopic (exact) mass is 402 g/mol. The van der Waals surface area contributed by atoms with Crippen molar-refractivity contribution in [1.29, 1.82) is 0 Å². The number of rotatable bonds is 7. The molecule has 3 heterocycles. The van der Waals surface area contributed by atoms with E-state index in [0.717, 1.165) is 54.6 Å². The summed E-state index contributed by atoms with van der Waals surface area (Å²) < 4.78 is 1.81. The lowest BCUT2D eigenvalue weighted by Gasteiger charge is -2.20. The van der Waals surface area contributed by atoms with Gasteiger partial charge in [-0.05, 0) is 42.5 Å². The largest absolute Gasteiger partial charge is 0.387 e. The van der Waals surface area contributed by atoms with Gasteiger partial charge in [0.15, 0.2) is 0 Å². The zero-order chi connectivity index (χ0) is 20.3. The van der Waals surface area contributed by atoms with Gasteiger partial charge in [-0.1, -0.05) is 36.4 Å². The molecule has 3 N–H and O–H groups in total. The molecule has 1 saturated heterocycles. The number of nitrogens with one attached hydrogen (secondary N) is 2. The zero-order valence-corrected chi connectivity index (χ0v) is 16.8. The van der Waals surface area contributed by atoms with E-state index < -0.39 is 6.10 Å². The Bertz CT molecular complexity index is 1090. The number of aliphatic hydroxyl groups excluding tert-OH is 1. The number of nitrogens with zero attached hydrogens (tertiary/aromatic N) is 4. The molecule has 0 bridgehead atoms. The van der Waals surface area contributed by atoms with Crippen LogP contribution in [0.2, 0.25) is 0 Å². The van der Waals surface area contributed by atoms with Gasteiger partial charge >= 0.3 is 0 Å². The van der Waals surface area contributed by atoms with Crippen molar-refractivity contribution in [3.05, 3.63) is 78.1 Å². The predicted molar refractivity (Wildman–Crippen MR) is 115 cm³/mol. The van der Waals surface area contributed by atoms with Gasteiger partial charge in [0, 0.05) is 25.0 Å². The van der Waals surface area contributed by atoms with E-state index in [0.29, 0.717) is 6.04 Å². The summed E-state index contributed by atoms with van der Waals surface area (Å²) in [5.41, 5.74) is 4.32. The van der Waals surface area contributed by atoms with E-state index in [1.807, 2.05) is 35.0 Å². The second kappa shape index (κ2) is 8.38. The maximum absolute atomic E-state index is 10.7. The Balaban J connectivity index is 1.21. The highest BCUT2D eigenvalue weighted by atomic mass is 16.3. The summed E-state index contributed by atoms with van der Waals surface area (Å²) in [5, 5.41) is 18.5. The summed E-state index contributed by atoms with van der Waals surface area (Å²) in [4.78, 5) is 12.1. The maximum atomic E-state index is 10.7. The Morgan fingerprint density at radius 2 is 2.03 bits per heavy atom. The number of fused-ring (bicyclic) bond motifs is 1. The molecule has 7 nitrogen and oxygen atoms in total. The van der Waals surface area contributed by atoms with E-state index in [-0.39, 0.29) is 6.04 Å². The first-order valence-electron chi connectivity index (χ1n) is 10.5. The highest BCUT2D eigenvalue weighted by Crippen LogP contribution is 2.27. The summed E-state index contributed by atoms with van der Waals surface area (Å²) in [6, 6.07) is 16.8. The van der Waals surface area contributed by atoms with Crippen LogP contribution in [0.3, 0.4) is 0 Å². The summed E-state index contributed by atoms with van der Waals surface area (Å²) in [6.45, 7) is 0.754. The van der Waals surface area contributed by atoms with Crippen LogP contribution in [-0.2, 0) is 19.4 Å². The lowest BCUT2D eigenvalue weighted by molar-refractivity contribution is 0.135. The third-order valence-corrected chi connectivity index (χ3v) is 5.92. The molecule has 2 aromatic heterocycles. The molecular formula is C23H26N6O. The molecule has 4 aromatic rings. The van der Waals surface area contributed by atoms with Gasteiger partial charge in [0.2, 0.25) is 0 Å². The first-order chi connectivity index (χ1) is 14.7. The quantitative estimate of drug-likeness (QED) is 0.442. The van der Waals surface area contributed by atoms with Crippen LogP contribution in [0.15, 0.2) is 61.2 Å². The van der Waals surface area contributed by atoms with Gasteiger partial charge in [0.05, 0.1) is 17.1 Å². The molecule has 0 saturated carbocycles. The number of aromatic amines is 1. The Morgan fingerprint density at radius 3 is 2.87 bits per heavy atom. The lowest BCUT2D eigenvalue weighted by atomic mass is 10.0. The topological polar surface area (TPSA) is 91.7 Å². The second-order valence-electron chi connectivity index (χ2n) is 8.05. The molecule has 7 heteroatoms. The Kier molecular flexibility index (Phi) is 5.29. The maximum Gasteiger partial charge on any atom is 0.137 e. The number of aromatic nitrogens is 5. The van der Waals surface area contributed by atoms with E-state index in [1.165, 1.54) is 5.56 Å². The molecule has 0 spiro atoms. The van der Waals surface area contributed by atoms with Gasteiger partial charge < -0.3 is 15.4 Å². The van der Waals surface area contributed by atoms with Gasteiger partial charge in [-0.2, -0.15) is 5.10 Å². The van der Waals surface area contributed by atoms with Gasteiger partial charge in [-0.3, -0.25) is 4.68 Å². The van der Waals surface area contributed by atoms with E-state index in [1.54, 1.807) is 12.7 Å². The van der Waals surface area contributed by atoms with Crippen LogP contribution >= 0.6 is 0 Å². The van der Waals surface area contributed by atoms with E-state index >= 15 is 0 Å². The normalized spacial score (nSPS) is 20.0. The van der Waals surface area contributed by atoms with Crippen LogP contribution < -0.4 is 5.32 Å². The molecule has 0 aliphatic carbocycles. The minimum absolute atomic E-state index is 0.108. The van der Waals surface area contributed by atoms with Crippen molar-refractivity contribution in [3.8, 4) is 0 Å². The van der Waals surface area contributed by atoms with Gasteiger partial charge in [-0.15, -0.1) is 0 Å². The predicted octanol–water partition coefficient (Wildman–Crippen LogP) is 2.79. The molecular weight excluding hydrogens is 376 g/mol. The van der Waals surface area contributed by atoms with Crippen LogP contribution in [-0.4, -0.2) is 41.9 Å². The molecule has 3 atom stereocenters. The molecule has 1 aliphatic heterocycles. The highest BCUT2D eigenvalue weighted by molar-refractivity contribution is 5.75. The molecule has 0 unspecified atom stereocenters. The Hall–Kier alpha value is -3.03. The van der Waals surface area contributed by atoms with Crippen molar-refractivity contribution in [3.63, 3.8) is 0 Å². The van der Waals surface area contributed by atoms with Crippen molar-refractivity contribution in [2.45, 2.75) is 50.4 Å². The van der Waals surface area contributed by atoms with E-state index in [4.69, 9.17) is 0 Å². The average Bonchev–Trinajstić information content (AvgIpc) is 3.53. The van der Waals surface area contributed by atoms with E-state index in [2.05, 4.69) is 43.6 Å².